The predicted octanol–water partition coefficient (Wildman–Crippen LogP) is 4.88. The van der Waals surface area contributed by atoms with Crippen LogP contribution in [-0.4, -0.2) is 0 Å². The van der Waals surface area contributed by atoms with E-state index in [0.717, 1.165) is 6.07 Å². The van der Waals surface area contributed by atoms with Crippen molar-refractivity contribution in [3.8, 4) is 0 Å². The van der Waals surface area contributed by atoms with Crippen LogP contribution in [0.4, 0.5) is 18.9 Å². The summed E-state index contributed by atoms with van der Waals surface area (Å²) in [6, 6.07) is 7.43. The van der Waals surface area contributed by atoms with Crippen molar-refractivity contribution in [1.82, 2.24) is 0 Å². The van der Waals surface area contributed by atoms with Crippen LogP contribution in [0, 0.1) is 21.0 Å². The first-order valence-electron chi connectivity index (χ1n) is 5.64. The van der Waals surface area contributed by atoms with Gasteiger partial charge in [-0.3, -0.25) is 0 Å². The molecular weight excluding hydrogens is 366 g/mol. The lowest BCUT2D eigenvalue weighted by Gasteiger charge is -2.17. The van der Waals surface area contributed by atoms with Gasteiger partial charge >= 0.3 is 0 Å². The van der Waals surface area contributed by atoms with Gasteiger partial charge in [0, 0.05) is 20.9 Å². The lowest BCUT2D eigenvalue weighted by molar-refractivity contribution is 0.566. The van der Waals surface area contributed by atoms with Crippen molar-refractivity contribution < 1.29 is 13.2 Å². The first kappa shape index (κ1) is 14.2. The van der Waals surface area contributed by atoms with Gasteiger partial charge in [0.1, 0.15) is 17.5 Å². The van der Waals surface area contributed by atoms with Gasteiger partial charge in [-0.05, 0) is 53.8 Å². The Morgan fingerprint density at radius 2 is 1.63 bits per heavy atom. The highest BCUT2D eigenvalue weighted by Crippen LogP contribution is 2.26. The molecule has 0 amide bonds. The zero-order valence-electron chi connectivity index (χ0n) is 10.1. The van der Waals surface area contributed by atoms with Crippen molar-refractivity contribution in [2.75, 3.05) is 5.32 Å². The highest BCUT2D eigenvalue weighted by molar-refractivity contribution is 14.1. The molecule has 0 saturated heterocycles. The van der Waals surface area contributed by atoms with Crippen LogP contribution in [0.25, 0.3) is 0 Å². The van der Waals surface area contributed by atoms with Crippen LogP contribution < -0.4 is 5.32 Å². The molecule has 0 bridgehead atoms. The lowest BCUT2D eigenvalue weighted by Crippen LogP contribution is -2.10. The van der Waals surface area contributed by atoms with Gasteiger partial charge in [0.05, 0.1) is 6.04 Å². The van der Waals surface area contributed by atoms with Gasteiger partial charge in [-0.25, -0.2) is 13.2 Å². The minimum atomic E-state index is -0.607. The van der Waals surface area contributed by atoms with E-state index in [2.05, 4.69) is 5.32 Å². The first-order chi connectivity index (χ1) is 8.97. The van der Waals surface area contributed by atoms with Crippen LogP contribution in [0.3, 0.4) is 0 Å². The van der Waals surface area contributed by atoms with E-state index in [1.54, 1.807) is 13.0 Å². The van der Waals surface area contributed by atoms with Crippen LogP contribution >= 0.6 is 22.6 Å². The minimum Gasteiger partial charge on any atom is -0.378 e. The van der Waals surface area contributed by atoms with Crippen molar-refractivity contribution in [3.63, 3.8) is 0 Å². The second kappa shape index (κ2) is 5.81. The molecule has 19 heavy (non-hydrogen) atoms. The minimum absolute atomic E-state index is 0.324. The summed E-state index contributed by atoms with van der Waals surface area (Å²) in [4.78, 5) is 0. The molecule has 0 radical (unpaired) electrons. The third-order valence-electron chi connectivity index (χ3n) is 2.73. The summed E-state index contributed by atoms with van der Waals surface area (Å²) < 4.78 is 40.2. The van der Waals surface area contributed by atoms with Crippen molar-refractivity contribution >= 4 is 28.3 Å². The molecule has 0 aromatic heterocycles. The monoisotopic (exact) mass is 377 g/mol. The van der Waals surface area contributed by atoms with Crippen LogP contribution in [-0.2, 0) is 0 Å². The first-order valence-corrected chi connectivity index (χ1v) is 6.72. The highest BCUT2D eigenvalue weighted by atomic mass is 127. The Bertz CT molecular complexity index is 601. The Morgan fingerprint density at radius 3 is 2.26 bits per heavy atom. The number of nitrogens with one attached hydrogen (secondary N) is 1. The Balaban J connectivity index is 2.23. The van der Waals surface area contributed by atoms with Gasteiger partial charge in [0.2, 0.25) is 0 Å². The molecule has 1 atom stereocenters. The van der Waals surface area contributed by atoms with E-state index in [1.165, 1.54) is 24.3 Å². The lowest BCUT2D eigenvalue weighted by atomic mass is 10.1. The van der Waals surface area contributed by atoms with E-state index in [4.69, 9.17) is 0 Å². The number of benzene rings is 2. The molecule has 1 N–H and O–H groups in total. The fourth-order valence-electron chi connectivity index (χ4n) is 1.77. The maximum Gasteiger partial charge on any atom is 0.131 e. The molecule has 0 saturated carbocycles. The van der Waals surface area contributed by atoms with E-state index < -0.39 is 11.6 Å². The summed E-state index contributed by atoms with van der Waals surface area (Å²) in [5, 5.41) is 3.08. The summed E-state index contributed by atoms with van der Waals surface area (Å²) in [6.07, 6.45) is 0. The van der Waals surface area contributed by atoms with Crippen LogP contribution in [0.5, 0.6) is 0 Å². The third-order valence-corrected chi connectivity index (χ3v) is 3.62. The van der Waals surface area contributed by atoms with Crippen LogP contribution in [0.1, 0.15) is 18.5 Å². The smallest absolute Gasteiger partial charge is 0.131 e. The maximum absolute atomic E-state index is 13.6. The number of halogens is 4. The molecular formula is C14H11F3IN. The number of hydrogen-bond acceptors (Lipinski definition) is 1. The average Bonchev–Trinajstić information content (AvgIpc) is 2.32. The van der Waals surface area contributed by atoms with Crippen LogP contribution in [0.2, 0.25) is 0 Å². The quantitative estimate of drug-likeness (QED) is 0.752. The van der Waals surface area contributed by atoms with Crippen molar-refractivity contribution in [3.05, 3.63) is 63.0 Å². The molecule has 0 fully saturated rings. The Morgan fingerprint density at radius 1 is 1.00 bits per heavy atom. The Kier molecular flexibility index (Phi) is 4.34. The summed E-state index contributed by atoms with van der Waals surface area (Å²) in [5.74, 6) is -1.53. The van der Waals surface area contributed by atoms with Crippen LogP contribution in [0.15, 0.2) is 36.4 Å². The largest absolute Gasteiger partial charge is 0.378 e. The molecule has 2 aromatic rings. The standard InChI is InChI=1S/C14H11F3IN/c1-8(11-4-2-9(15)6-12(11)17)19-14-5-3-10(16)7-13(14)18/h2-8,19H,1H3. The van der Waals surface area contributed by atoms with E-state index in [1.807, 2.05) is 22.6 Å². The van der Waals surface area contributed by atoms with E-state index in [9.17, 15) is 13.2 Å². The van der Waals surface area contributed by atoms with Crippen molar-refractivity contribution in [2.45, 2.75) is 13.0 Å². The zero-order chi connectivity index (χ0) is 14.0. The molecule has 5 heteroatoms. The SMILES string of the molecule is CC(Nc1ccc(F)cc1I)c1ccc(F)cc1F. The summed E-state index contributed by atoms with van der Waals surface area (Å²) in [5.41, 5.74) is 1.07. The third kappa shape index (κ3) is 3.40. The second-order valence-electron chi connectivity index (χ2n) is 4.16. The molecule has 0 aliphatic heterocycles. The molecule has 1 nitrogen and oxygen atoms in total. The highest BCUT2D eigenvalue weighted by Gasteiger charge is 2.13. The van der Waals surface area contributed by atoms with Gasteiger partial charge in [0.15, 0.2) is 0 Å². The number of anilines is 1. The molecule has 2 aromatic carbocycles. The number of hydrogen-bond donors (Lipinski definition) is 1. The van der Waals surface area contributed by atoms with Gasteiger partial charge in [-0.2, -0.15) is 0 Å². The molecule has 0 heterocycles. The average molecular weight is 377 g/mol. The van der Waals surface area contributed by atoms with Gasteiger partial charge in [-0.1, -0.05) is 6.07 Å². The van der Waals surface area contributed by atoms with Crippen molar-refractivity contribution in [1.29, 1.82) is 0 Å². The molecule has 100 valence electrons. The zero-order valence-corrected chi connectivity index (χ0v) is 12.2. The fraction of sp³-hybridized carbons (Fsp3) is 0.143. The number of rotatable bonds is 3. The van der Waals surface area contributed by atoms with E-state index >= 15 is 0 Å². The van der Waals surface area contributed by atoms with Gasteiger partial charge in [-0.15, -0.1) is 0 Å². The topological polar surface area (TPSA) is 12.0 Å². The maximum atomic E-state index is 13.6. The summed E-state index contributed by atoms with van der Waals surface area (Å²) in [7, 11) is 0. The summed E-state index contributed by atoms with van der Waals surface area (Å²) in [6.45, 7) is 1.76. The second-order valence-corrected chi connectivity index (χ2v) is 5.32. The Labute approximate surface area is 123 Å². The molecule has 0 aliphatic carbocycles. The fourth-order valence-corrected chi connectivity index (χ4v) is 2.40. The summed E-state index contributed by atoms with van der Waals surface area (Å²) >= 11 is 2.00. The predicted molar refractivity (Wildman–Crippen MR) is 77.5 cm³/mol. The Hall–Kier alpha value is -1.24. The van der Waals surface area contributed by atoms with Gasteiger partial charge < -0.3 is 5.32 Å². The molecule has 0 spiro atoms. The van der Waals surface area contributed by atoms with Crippen molar-refractivity contribution in [2.24, 2.45) is 0 Å². The molecule has 0 aliphatic rings. The molecule has 1 unspecified atom stereocenters. The van der Waals surface area contributed by atoms with E-state index in [-0.39, 0.29) is 11.9 Å². The van der Waals surface area contributed by atoms with Gasteiger partial charge in [0.25, 0.3) is 0 Å². The molecule has 2 rings (SSSR count). The van der Waals surface area contributed by atoms with E-state index in [0.29, 0.717) is 14.8 Å². The normalized spacial score (nSPS) is 12.3.